The second kappa shape index (κ2) is 4.30. The van der Waals surface area contributed by atoms with E-state index in [1.165, 1.54) is 0 Å². The molecule has 0 amide bonds. The number of pyridine rings is 1. The molecule has 3 unspecified atom stereocenters. The minimum atomic E-state index is -4.51. The molecule has 102 valence electrons. The van der Waals surface area contributed by atoms with E-state index in [0.717, 1.165) is 31.3 Å². The highest BCUT2D eigenvalue weighted by Gasteiger charge is 2.45. The Hall–Kier alpha value is -1.43. The molecule has 3 rings (SSSR count). The van der Waals surface area contributed by atoms with Gasteiger partial charge in [0.25, 0.3) is 0 Å². The molecule has 2 bridgehead atoms. The molecule has 0 aliphatic carbocycles. The van der Waals surface area contributed by atoms with Crippen molar-refractivity contribution in [2.75, 3.05) is 0 Å². The lowest BCUT2D eigenvalue weighted by Crippen LogP contribution is -2.30. The minimum Gasteiger partial charge on any atom is -0.310 e. The quantitative estimate of drug-likeness (QED) is 0.839. The van der Waals surface area contributed by atoms with Crippen LogP contribution in [0.15, 0.2) is 18.5 Å². The third-order valence-electron chi connectivity index (χ3n) is 4.03. The molecule has 3 atom stereocenters. The molecule has 1 N–H and O–H groups in total. The summed E-state index contributed by atoms with van der Waals surface area (Å²) in [5, 5.41) is 3.26. The van der Waals surface area contributed by atoms with Crippen LogP contribution in [0, 0.1) is 5.92 Å². The van der Waals surface area contributed by atoms with E-state index in [9.17, 15) is 18.0 Å². The van der Waals surface area contributed by atoms with Gasteiger partial charge in [-0.3, -0.25) is 9.78 Å². The zero-order valence-electron chi connectivity index (χ0n) is 10.1. The van der Waals surface area contributed by atoms with Crippen LogP contribution in [0.4, 0.5) is 13.2 Å². The number of Topliss-reactive ketones (excluding diaryl/α,β-unsaturated/α-hetero) is 1. The van der Waals surface area contributed by atoms with Crippen LogP contribution in [0.2, 0.25) is 0 Å². The van der Waals surface area contributed by atoms with E-state index in [2.05, 4.69) is 10.3 Å². The third-order valence-corrected chi connectivity index (χ3v) is 4.03. The normalized spacial score (nSPS) is 29.7. The summed E-state index contributed by atoms with van der Waals surface area (Å²) in [5.74, 6) is -0.774. The van der Waals surface area contributed by atoms with E-state index in [-0.39, 0.29) is 23.6 Å². The maximum atomic E-state index is 12.9. The van der Waals surface area contributed by atoms with Crippen molar-refractivity contribution in [3.8, 4) is 0 Å². The first-order valence-electron chi connectivity index (χ1n) is 6.28. The van der Waals surface area contributed by atoms with Gasteiger partial charge in [-0.2, -0.15) is 13.2 Å². The molecule has 19 heavy (non-hydrogen) atoms. The number of alkyl halides is 3. The molecule has 3 heterocycles. The third kappa shape index (κ3) is 2.14. The van der Waals surface area contributed by atoms with Crippen LogP contribution in [-0.2, 0) is 6.18 Å². The molecule has 2 aliphatic heterocycles. The van der Waals surface area contributed by atoms with Crippen molar-refractivity contribution in [1.82, 2.24) is 10.3 Å². The highest BCUT2D eigenvalue weighted by Crippen LogP contribution is 2.38. The number of nitrogens with one attached hydrogen (secondary N) is 1. The zero-order chi connectivity index (χ0) is 13.6. The molecule has 0 saturated carbocycles. The van der Waals surface area contributed by atoms with Gasteiger partial charge in [-0.05, 0) is 25.3 Å². The van der Waals surface area contributed by atoms with Crippen LogP contribution in [0.1, 0.15) is 35.2 Å². The average Bonchev–Trinajstić information content (AvgIpc) is 2.99. The van der Waals surface area contributed by atoms with Crippen molar-refractivity contribution in [2.45, 2.75) is 37.5 Å². The smallest absolute Gasteiger partial charge is 0.310 e. The van der Waals surface area contributed by atoms with Crippen molar-refractivity contribution >= 4 is 5.78 Å². The molecule has 2 saturated heterocycles. The van der Waals surface area contributed by atoms with Gasteiger partial charge >= 0.3 is 6.18 Å². The first-order valence-corrected chi connectivity index (χ1v) is 6.28. The summed E-state index contributed by atoms with van der Waals surface area (Å²) in [7, 11) is 0. The molecule has 6 heteroatoms. The SMILES string of the molecule is O=C(c1cnccc1C(F)(F)F)C1CC2CCC1N2. The highest BCUT2D eigenvalue weighted by atomic mass is 19.4. The molecule has 0 radical (unpaired) electrons. The Balaban J connectivity index is 1.92. The molecular formula is C13H13F3N2O. The van der Waals surface area contributed by atoms with Gasteiger partial charge in [-0.25, -0.2) is 0 Å². The molecule has 0 spiro atoms. The number of ketones is 1. The van der Waals surface area contributed by atoms with Gasteiger partial charge in [0.1, 0.15) is 0 Å². The lowest BCUT2D eigenvalue weighted by Gasteiger charge is -2.20. The zero-order valence-corrected chi connectivity index (χ0v) is 10.1. The van der Waals surface area contributed by atoms with E-state index in [4.69, 9.17) is 0 Å². The van der Waals surface area contributed by atoms with Gasteiger partial charge in [-0.1, -0.05) is 0 Å². The van der Waals surface area contributed by atoms with Crippen molar-refractivity contribution in [1.29, 1.82) is 0 Å². The highest BCUT2D eigenvalue weighted by molar-refractivity contribution is 5.99. The number of halogens is 3. The van der Waals surface area contributed by atoms with Crippen LogP contribution in [0.3, 0.4) is 0 Å². The van der Waals surface area contributed by atoms with E-state index < -0.39 is 17.5 Å². The number of aromatic nitrogens is 1. The molecular weight excluding hydrogens is 257 g/mol. The van der Waals surface area contributed by atoms with Crippen molar-refractivity contribution in [3.63, 3.8) is 0 Å². The molecule has 2 fully saturated rings. The van der Waals surface area contributed by atoms with Gasteiger partial charge in [0, 0.05) is 36.0 Å². The average molecular weight is 270 g/mol. The van der Waals surface area contributed by atoms with Crippen LogP contribution in [0.5, 0.6) is 0 Å². The number of hydrogen-bond acceptors (Lipinski definition) is 3. The summed E-state index contributed by atoms with van der Waals surface area (Å²) >= 11 is 0. The number of rotatable bonds is 2. The predicted molar refractivity (Wildman–Crippen MR) is 61.6 cm³/mol. The fourth-order valence-corrected chi connectivity index (χ4v) is 3.15. The Labute approximate surface area is 108 Å². The fourth-order valence-electron chi connectivity index (χ4n) is 3.15. The van der Waals surface area contributed by atoms with E-state index in [0.29, 0.717) is 6.42 Å². The van der Waals surface area contributed by atoms with Gasteiger partial charge < -0.3 is 5.32 Å². The second-order valence-electron chi connectivity index (χ2n) is 5.17. The lowest BCUT2D eigenvalue weighted by molar-refractivity contribution is -0.138. The molecule has 2 aliphatic rings. The summed E-state index contributed by atoms with van der Waals surface area (Å²) in [5.41, 5.74) is -1.18. The largest absolute Gasteiger partial charge is 0.417 e. The van der Waals surface area contributed by atoms with Crippen molar-refractivity contribution in [2.24, 2.45) is 5.92 Å². The number of carbonyl (C=O) groups is 1. The van der Waals surface area contributed by atoms with Gasteiger partial charge in [0.05, 0.1) is 5.56 Å². The van der Waals surface area contributed by atoms with E-state index in [1.54, 1.807) is 0 Å². The summed E-state index contributed by atoms with van der Waals surface area (Å²) in [6.07, 6.45) is 0.0980. The second-order valence-corrected chi connectivity index (χ2v) is 5.17. The number of nitrogens with zero attached hydrogens (tertiary/aromatic N) is 1. The monoisotopic (exact) mass is 270 g/mol. The van der Waals surface area contributed by atoms with Gasteiger partial charge in [-0.15, -0.1) is 0 Å². The summed E-state index contributed by atoms with van der Waals surface area (Å²) in [6, 6.07) is 1.18. The maximum Gasteiger partial charge on any atom is 0.417 e. The number of carbonyl (C=O) groups excluding carboxylic acids is 1. The number of fused-ring (bicyclic) bond motifs is 2. The number of hydrogen-bond donors (Lipinski definition) is 1. The van der Waals surface area contributed by atoms with Crippen LogP contribution < -0.4 is 5.32 Å². The molecule has 3 nitrogen and oxygen atoms in total. The topological polar surface area (TPSA) is 42.0 Å². The summed E-state index contributed by atoms with van der Waals surface area (Å²) in [6.45, 7) is 0. The summed E-state index contributed by atoms with van der Waals surface area (Å²) < 4.78 is 38.7. The standard InChI is InChI=1S/C13H13F3N2O/c14-13(15,16)10-3-4-17-6-9(10)12(19)8-5-7-1-2-11(8)18-7/h3-4,6-8,11,18H,1-2,5H2. The van der Waals surface area contributed by atoms with Crippen molar-refractivity contribution < 1.29 is 18.0 Å². The first kappa shape index (κ1) is 12.6. The van der Waals surface area contributed by atoms with E-state index in [1.807, 2.05) is 0 Å². The summed E-state index contributed by atoms with van der Waals surface area (Å²) in [4.78, 5) is 16.0. The lowest BCUT2D eigenvalue weighted by atomic mass is 9.83. The van der Waals surface area contributed by atoms with Gasteiger partial charge in [0.2, 0.25) is 0 Å². The Morgan fingerprint density at radius 3 is 2.74 bits per heavy atom. The molecule has 1 aromatic heterocycles. The van der Waals surface area contributed by atoms with Crippen LogP contribution >= 0.6 is 0 Å². The van der Waals surface area contributed by atoms with Crippen LogP contribution in [0.25, 0.3) is 0 Å². The minimum absolute atomic E-state index is 0.0267. The predicted octanol–water partition coefficient (Wildman–Crippen LogP) is 2.42. The van der Waals surface area contributed by atoms with Gasteiger partial charge in [0.15, 0.2) is 5.78 Å². The van der Waals surface area contributed by atoms with E-state index >= 15 is 0 Å². The van der Waals surface area contributed by atoms with Crippen molar-refractivity contribution in [3.05, 3.63) is 29.6 Å². The van der Waals surface area contributed by atoms with Crippen LogP contribution in [-0.4, -0.2) is 22.9 Å². The molecule has 1 aromatic rings. The Kier molecular flexibility index (Phi) is 2.85. The molecule has 0 aromatic carbocycles. The Bertz CT molecular complexity index is 515. The fraction of sp³-hybridized carbons (Fsp3) is 0.538. The Morgan fingerprint density at radius 1 is 1.37 bits per heavy atom. The Morgan fingerprint density at radius 2 is 2.16 bits per heavy atom. The maximum absolute atomic E-state index is 12.9. The first-order chi connectivity index (χ1) is 8.97.